The number of pyridine rings is 1. The molecule has 0 saturated heterocycles. The molecule has 0 aliphatic heterocycles. The predicted molar refractivity (Wildman–Crippen MR) is 69.7 cm³/mol. The van der Waals surface area contributed by atoms with Crippen molar-refractivity contribution in [2.75, 3.05) is 0 Å². The zero-order valence-electron chi connectivity index (χ0n) is 9.05. The first-order valence-corrected chi connectivity index (χ1v) is 6.27. The van der Waals surface area contributed by atoms with Crippen LogP contribution in [0.2, 0.25) is 5.02 Å². The van der Waals surface area contributed by atoms with Crippen LogP contribution in [0, 0.1) is 0 Å². The Labute approximate surface area is 108 Å². The van der Waals surface area contributed by atoms with Crippen molar-refractivity contribution >= 4 is 40.2 Å². The number of nitrogens with zero attached hydrogens (tertiary/aromatic N) is 1. The number of carboxylic acid groups (broad SMARTS) is 1. The zero-order chi connectivity index (χ0) is 12.4. The molecule has 17 heavy (non-hydrogen) atoms. The van der Waals surface area contributed by atoms with Crippen molar-refractivity contribution in [2.45, 2.75) is 17.1 Å². The van der Waals surface area contributed by atoms with Crippen molar-refractivity contribution in [1.82, 2.24) is 4.98 Å². The summed E-state index contributed by atoms with van der Waals surface area (Å²) in [6, 6.07) is 7.23. The van der Waals surface area contributed by atoms with E-state index in [-0.39, 0.29) is 0 Å². The number of halogens is 1. The monoisotopic (exact) mass is 267 g/mol. The van der Waals surface area contributed by atoms with E-state index in [0.717, 1.165) is 15.8 Å². The molecule has 1 aromatic carbocycles. The van der Waals surface area contributed by atoms with Gasteiger partial charge in [-0.2, -0.15) is 0 Å². The molecule has 0 aliphatic carbocycles. The first-order valence-electron chi connectivity index (χ1n) is 5.01. The number of thioether (sulfide) groups is 1. The minimum atomic E-state index is -0.825. The van der Waals surface area contributed by atoms with Crippen LogP contribution in [0.4, 0.5) is 0 Å². The molecule has 0 fully saturated rings. The topological polar surface area (TPSA) is 50.2 Å². The summed E-state index contributed by atoms with van der Waals surface area (Å²) in [5.74, 6) is -0.825. The second-order valence-electron chi connectivity index (χ2n) is 3.57. The molecule has 1 N–H and O–H groups in total. The van der Waals surface area contributed by atoms with Gasteiger partial charge in [-0.15, -0.1) is 11.8 Å². The molecule has 0 radical (unpaired) electrons. The van der Waals surface area contributed by atoms with Gasteiger partial charge in [0, 0.05) is 21.5 Å². The molecular formula is C12H10ClNO2S. The molecule has 1 heterocycles. The summed E-state index contributed by atoms with van der Waals surface area (Å²) in [5, 5.41) is 9.96. The minimum Gasteiger partial charge on any atom is -0.480 e. The van der Waals surface area contributed by atoms with E-state index >= 15 is 0 Å². The molecule has 5 heteroatoms. The highest BCUT2D eigenvalue weighted by atomic mass is 35.5. The summed E-state index contributed by atoms with van der Waals surface area (Å²) in [6.45, 7) is 1.66. The van der Waals surface area contributed by atoms with E-state index in [2.05, 4.69) is 4.98 Å². The van der Waals surface area contributed by atoms with Gasteiger partial charge >= 0.3 is 5.97 Å². The molecule has 2 aromatic rings. The first-order chi connectivity index (χ1) is 8.08. The van der Waals surface area contributed by atoms with E-state index in [0.29, 0.717) is 5.02 Å². The van der Waals surface area contributed by atoms with Gasteiger partial charge in [-0.25, -0.2) is 0 Å². The van der Waals surface area contributed by atoms with Crippen LogP contribution < -0.4 is 0 Å². The van der Waals surface area contributed by atoms with Gasteiger partial charge in [0.25, 0.3) is 0 Å². The predicted octanol–water partition coefficient (Wildman–Crippen LogP) is 3.45. The summed E-state index contributed by atoms with van der Waals surface area (Å²) in [5.41, 5.74) is 0.778. The van der Waals surface area contributed by atoms with Crippen LogP contribution in [-0.2, 0) is 4.79 Å². The Morgan fingerprint density at radius 3 is 2.94 bits per heavy atom. The van der Waals surface area contributed by atoms with E-state index in [1.807, 2.05) is 12.1 Å². The van der Waals surface area contributed by atoms with Crippen LogP contribution in [0.25, 0.3) is 10.9 Å². The summed E-state index contributed by atoms with van der Waals surface area (Å²) in [6.07, 6.45) is 1.66. The molecule has 1 aromatic heterocycles. The molecule has 2 rings (SSSR count). The average Bonchev–Trinajstić information content (AvgIpc) is 2.28. The Balaban J connectivity index is 2.44. The summed E-state index contributed by atoms with van der Waals surface area (Å²) in [7, 11) is 0. The Bertz CT molecular complexity index is 573. The Hall–Kier alpha value is -1.26. The SMILES string of the molecule is C[C@@H](Sc1ccnc2cc(Cl)ccc12)C(=O)O. The van der Waals surface area contributed by atoms with E-state index in [1.165, 1.54) is 11.8 Å². The maximum absolute atomic E-state index is 10.8. The number of aliphatic carboxylic acids is 1. The Kier molecular flexibility index (Phi) is 3.54. The smallest absolute Gasteiger partial charge is 0.316 e. The number of fused-ring (bicyclic) bond motifs is 1. The number of hydrogen-bond acceptors (Lipinski definition) is 3. The van der Waals surface area contributed by atoms with E-state index in [9.17, 15) is 4.79 Å². The van der Waals surface area contributed by atoms with Crippen LogP contribution in [0.15, 0.2) is 35.4 Å². The lowest BCUT2D eigenvalue weighted by atomic mass is 10.2. The molecule has 0 amide bonds. The minimum absolute atomic E-state index is 0.490. The van der Waals surface area contributed by atoms with E-state index in [1.54, 1.807) is 25.3 Å². The normalized spacial score (nSPS) is 12.6. The maximum Gasteiger partial charge on any atom is 0.316 e. The van der Waals surface area contributed by atoms with Crippen molar-refractivity contribution < 1.29 is 9.90 Å². The lowest BCUT2D eigenvalue weighted by Crippen LogP contribution is -2.11. The third-order valence-electron chi connectivity index (χ3n) is 2.32. The number of aromatic nitrogens is 1. The molecule has 0 unspecified atom stereocenters. The molecule has 88 valence electrons. The van der Waals surface area contributed by atoms with Gasteiger partial charge < -0.3 is 5.11 Å². The molecule has 0 spiro atoms. The van der Waals surface area contributed by atoms with Crippen LogP contribution in [-0.4, -0.2) is 21.3 Å². The van der Waals surface area contributed by atoms with Crippen molar-refractivity contribution in [3.8, 4) is 0 Å². The summed E-state index contributed by atoms with van der Waals surface area (Å²) >= 11 is 7.19. The van der Waals surface area contributed by atoms with Gasteiger partial charge in [0.05, 0.1) is 5.52 Å². The number of carbonyl (C=O) groups is 1. The fourth-order valence-electron chi connectivity index (χ4n) is 1.44. The second kappa shape index (κ2) is 4.94. The molecule has 1 atom stereocenters. The molecule has 0 saturated carbocycles. The van der Waals surface area contributed by atoms with Gasteiger partial charge in [0.15, 0.2) is 0 Å². The number of carboxylic acids is 1. The van der Waals surface area contributed by atoms with Crippen LogP contribution in [0.5, 0.6) is 0 Å². The summed E-state index contributed by atoms with van der Waals surface area (Å²) < 4.78 is 0. The highest BCUT2D eigenvalue weighted by molar-refractivity contribution is 8.00. The molecular weight excluding hydrogens is 258 g/mol. The van der Waals surface area contributed by atoms with Gasteiger partial charge in [-0.05, 0) is 25.1 Å². The molecule has 3 nitrogen and oxygen atoms in total. The highest BCUT2D eigenvalue weighted by Gasteiger charge is 2.14. The molecule has 0 bridgehead atoms. The number of rotatable bonds is 3. The quantitative estimate of drug-likeness (QED) is 0.866. The van der Waals surface area contributed by atoms with Crippen LogP contribution >= 0.6 is 23.4 Å². The van der Waals surface area contributed by atoms with Gasteiger partial charge in [-0.3, -0.25) is 9.78 Å². The number of benzene rings is 1. The Morgan fingerprint density at radius 1 is 1.47 bits per heavy atom. The third kappa shape index (κ3) is 2.70. The fraction of sp³-hybridized carbons (Fsp3) is 0.167. The fourth-order valence-corrected chi connectivity index (χ4v) is 2.53. The third-order valence-corrected chi connectivity index (χ3v) is 3.72. The maximum atomic E-state index is 10.8. The highest BCUT2D eigenvalue weighted by Crippen LogP contribution is 2.30. The second-order valence-corrected chi connectivity index (χ2v) is 5.39. The first kappa shape index (κ1) is 12.2. The van der Waals surface area contributed by atoms with Crippen molar-refractivity contribution in [2.24, 2.45) is 0 Å². The number of hydrogen-bond donors (Lipinski definition) is 1. The lowest BCUT2D eigenvalue weighted by Gasteiger charge is -2.08. The lowest BCUT2D eigenvalue weighted by molar-refractivity contribution is -0.136. The van der Waals surface area contributed by atoms with Gasteiger partial charge in [0.2, 0.25) is 0 Å². The van der Waals surface area contributed by atoms with E-state index < -0.39 is 11.2 Å². The van der Waals surface area contributed by atoms with Crippen molar-refractivity contribution in [1.29, 1.82) is 0 Å². The van der Waals surface area contributed by atoms with Gasteiger partial charge in [-0.1, -0.05) is 17.7 Å². The molecule has 0 aliphatic rings. The standard InChI is InChI=1S/C12H10ClNO2S/c1-7(12(15)16)17-11-4-5-14-10-6-8(13)2-3-9(10)11/h2-7H,1H3,(H,15,16)/t7-/m1/s1. The largest absolute Gasteiger partial charge is 0.480 e. The average molecular weight is 268 g/mol. The Morgan fingerprint density at radius 2 is 2.24 bits per heavy atom. The van der Waals surface area contributed by atoms with Crippen molar-refractivity contribution in [3.63, 3.8) is 0 Å². The zero-order valence-corrected chi connectivity index (χ0v) is 10.6. The van der Waals surface area contributed by atoms with Crippen LogP contribution in [0.1, 0.15) is 6.92 Å². The van der Waals surface area contributed by atoms with Gasteiger partial charge in [0.1, 0.15) is 5.25 Å². The summed E-state index contributed by atoms with van der Waals surface area (Å²) in [4.78, 5) is 16.0. The van der Waals surface area contributed by atoms with Crippen molar-refractivity contribution in [3.05, 3.63) is 35.5 Å². The van der Waals surface area contributed by atoms with Crippen LogP contribution in [0.3, 0.4) is 0 Å². The van der Waals surface area contributed by atoms with E-state index in [4.69, 9.17) is 16.7 Å².